The average Bonchev–Trinajstić information content (AvgIpc) is 2.57. The first-order chi connectivity index (χ1) is 9.56. The molecule has 2 N–H and O–H groups in total. The van der Waals surface area contributed by atoms with Crippen molar-refractivity contribution in [3.8, 4) is 5.75 Å². The lowest BCUT2D eigenvalue weighted by Crippen LogP contribution is -2.45. The van der Waals surface area contributed by atoms with Crippen molar-refractivity contribution < 1.29 is 9.53 Å². The number of amides is 1. The zero-order valence-electron chi connectivity index (χ0n) is 12.5. The fourth-order valence-electron chi connectivity index (χ4n) is 3.04. The molecule has 1 saturated heterocycles. The van der Waals surface area contributed by atoms with Gasteiger partial charge in [0, 0.05) is 24.1 Å². The molecule has 1 aromatic carbocycles. The predicted molar refractivity (Wildman–Crippen MR) is 79.5 cm³/mol. The number of nitrogens with two attached hydrogens (primary N) is 1. The molecule has 4 nitrogen and oxygen atoms in total. The third-order valence-corrected chi connectivity index (χ3v) is 3.94. The van der Waals surface area contributed by atoms with Gasteiger partial charge in [-0.05, 0) is 32.8 Å². The van der Waals surface area contributed by atoms with Crippen molar-refractivity contribution in [2.24, 2.45) is 5.73 Å². The van der Waals surface area contributed by atoms with Gasteiger partial charge in [-0.1, -0.05) is 18.2 Å². The van der Waals surface area contributed by atoms with Gasteiger partial charge in [0.2, 0.25) is 5.91 Å². The lowest BCUT2D eigenvalue weighted by atomic mass is 9.94. The van der Waals surface area contributed by atoms with Crippen LogP contribution in [0.4, 0.5) is 0 Å². The molecule has 110 valence electrons. The number of para-hydroxylation sites is 1. The Morgan fingerprint density at radius 2 is 2.05 bits per heavy atom. The van der Waals surface area contributed by atoms with E-state index in [2.05, 4.69) is 0 Å². The zero-order chi connectivity index (χ0) is 14.7. The first-order valence-electron chi connectivity index (χ1n) is 7.26. The van der Waals surface area contributed by atoms with Gasteiger partial charge < -0.3 is 15.4 Å². The van der Waals surface area contributed by atoms with Crippen LogP contribution in [-0.2, 0) is 4.79 Å². The number of nitrogens with zero attached hydrogens (tertiary/aromatic N) is 1. The maximum absolute atomic E-state index is 12.4. The van der Waals surface area contributed by atoms with Crippen LogP contribution < -0.4 is 10.5 Å². The smallest absolute Gasteiger partial charge is 0.223 e. The highest BCUT2D eigenvalue weighted by molar-refractivity contribution is 5.77. The fourth-order valence-corrected chi connectivity index (χ4v) is 3.04. The Morgan fingerprint density at radius 3 is 2.70 bits per heavy atom. The van der Waals surface area contributed by atoms with Crippen molar-refractivity contribution in [1.29, 1.82) is 0 Å². The van der Waals surface area contributed by atoms with E-state index in [1.165, 1.54) is 0 Å². The van der Waals surface area contributed by atoms with Crippen molar-refractivity contribution >= 4 is 5.91 Å². The highest BCUT2D eigenvalue weighted by Crippen LogP contribution is 2.36. The Morgan fingerprint density at radius 1 is 1.35 bits per heavy atom. The molecular formula is C16H24N2O2. The third kappa shape index (κ3) is 2.80. The number of carbonyl (C=O) groups is 1. The van der Waals surface area contributed by atoms with Crippen molar-refractivity contribution in [3.05, 3.63) is 29.8 Å². The molecule has 1 heterocycles. The summed E-state index contributed by atoms with van der Waals surface area (Å²) in [4.78, 5) is 14.3. The minimum Gasteiger partial charge on any atom is -0.496 e. The second-order valence-corrected chi connectivity index (χ2v) is 5.64. The summed E-state index contributed by atoms with van der Waals surface area (Å²) in [5.74, 6) is 0.983. The molecule has 0 saturated carbocycles. The van der Waals surface area contributed by atoms with Crippen molar-refractivity contribution in [1.82, 2.24) is 4.90 Å². The van der Waals surface area contributed by atoms with E-state index in [1.54, 1.807) is 7.11 Å². The van der Waals surface area contributed by atoms with E-state index < -0.39 is 0 Å². The van der Waals surface area contributed by atoms with Gasteiger partial charge in [-0.25, -0.2) is 0 Å². The Labute approximate surface area is 120 Å². The molecule has 0 bridgehead atoms. The average molecular weight is 276 g/mol. The van der Waals surface area contributed by atoms with Crippen LogP contribution in [0.5, 0.6) is 5.75 Å². The molecule has 20 heavy (non-hydrogen) atoms. The van der Waals surface area contributed by atoms with Crippen LogP contribution in [0, 0.1) is 0 Å². The molecule has 0 aliphatic carbocycles. The zero-order valence-corrected chi connectivity index (χ0v) is 12.5. The van der Waals surface area contributed by atoms with Crippen LogP contribution in [0.25, 0.3) is 0 Å². The Kier molecular flexibility index (Phi) is 4.65. The second-order valence-electron chi connectivity index (χ2n) is 5.64. The van der Waals surface area contributed by atoms with E-state index in [0.717, 1.165) is 24.2 Å². The lowest BCUT2D eigenvalue weighted by molar-refractivity contribution is -0.135. The number of carbonyl (C=O) groups excluding carboxylic acids is 1. The molecule has 4 heteroatoms. The van der Waals surface area contributed by atoms with Gasteiger partial charge in [0.05, 0.1) is 13.2 Å². The molecule has 0 aromatic heterocycles. The van der Waals surface area contributed by atoms with Gasteiger partial charge in [0.1, 0.15) is 5.75 Å². The number of rotatable bonds is 3. The van der Waals surface area contributed by atoms with E-state index in [9.17, 15) is 4.79 Å². The highest BCUT2D eigenvalue weighted by Gasteiger charge is 2.35. The molecule has 1 aliphatic heterocycles. The van der Waals surface area contributed by atoms with Gasteiger partial charge >= 0.3 is 0 Å². The van der Waals surface area contributed by atoms with Crippen LogP contribution in [0.1, 0.15) is 44.7 Å². The molecule has 0 spiro atoms. The van der Waals surface area contributed by atoms with E-state index in [-0.39, 0.29) is 24.0 Å². The van der Waals surface area contributed by atoms with E-state index in [1.807, 2.05) is 43.0 Å². The molecular weight excluding hydrogens is 252 g/mol. The summed E-state index contributed by atoms with van der Waals surface area (Å²) in [7, 11) is 1.66. The van der Waals surface area contributed by atoms with Gasteiger partial charge in [-0.2, -0.15) is 0 Å². The number of hydrogen-bond acceptors (Lipinski definition) is 3. The van der Waals surface area contributed by atoms with Crippen molar-refractivity contribution in [2.45, 2.75) is 51.2 Å². The Bertz CT molecular complexity index is 473. The van der Waals surface area contributed by atoms with Gasteiger partial charge in [-0.3, -0.25) is 4.79 Å². The van der Waals surface area contributed by atoms with E-state index >= 15 is 0 Å². The molecule has 1 fully saturated rings. The van der Waals surface area contributed by atoms with Crippen LogP contribution in [-0.4, -0.2) is 30.0 Å². The minimum absolute atomic E-state index is 0.0554. The third-order valence-electron chi connectivity index (χ3n) is 3.94. The van der Waals surface area contributed by atoms with E-state index in [4.69, 9.17) is 10.5 Å². The maximum atomic E-state index is 12.4. The highest BCUT2D eigenvalue weighted by atomic mass is 16.5. The van der Waals surface area contributed by atoms with Gasteiger partial charge in [0.15, 0.2) is 0 Å². The van der Waals surface area contributed by atoms with Crippen molar-refractivity contribution in [3.63, 3.8) is 0 Å². The number of hydrogen-bond donors (Lipinski definition) is 1. The van der Waals surface area contributed by atoms with Crippen LogP contribution in [0.2, 0.25) is 0 Å². The second kappa shape index (κ2) is 6.27. The first kappa shape index (κ1) is 14.9. The first-order valence-corrected chi connectivity index (χ1v) is 7.26. The van der Waals surface area contributed by atoms with Crippen LogP contribution in [0.15, 0.2) is 24.3 Å². The van der Waals surface area contributed by atoms with Crippen molar-refractivity contribution in [2.75, 3.05) is 7.11 Å². The number of ether oxygens (including phenoxy) is 1. The predicted octanol–water partition coefficient (Wildman–Crippen LogP) is 2.48. The summed E-state index contributed by atoms with van der Waals surface area (Å²) in [6.07, 6.45) is 2.30. The number of methoxy groups -OCH3 is 1. The van der Waals surface area contributed by atoms with E-state index in [0.29, 0.717) is 6.42 Å². The quantitative estimate of drug-likeness (QED) is 0.922. The fraction of sp³-hybridized carbons (Fsp3) is 0.562. The summed E-state index contributed by atoms with van der Waals surface area (Å²) >= 11 is 0. The topological polar surface area (TPSA) is 55.6 Å². The minimum atomic E-state index is -0.110. The summed E-state index contributed by atoms with van der Waals surface area (Å²) in [5, 5.41) is 0. The number of benzene rings is 1. The van der Waals surface area contributed by atoms with Crippen LogP contribution in [0.3, 0.4) is 0 Å². The molecule has 1 aliphatic rings. The van der Waals surface area contributed by atoms with Gasteiger partial charge in [-0.15, -0.1) is 0 Å². The standard InChI is InChI=1S/C16H24N2O2/c1-11(2)18-15(19)10-6-8-13(17)16(18)12-7-4-5-9-14(12)20-3/h4-5,7,9,11,13,16H,6,8,10,17H2,1-3H3. The molecule has 2 atom stereocenters. The Hall–Kier alpha value is -1.55. The molecule has 0 radical (unpaired) electrons. The Balaban J connectivity index is 2.49. The van der Waals surface area contributed by atoms with Gasteiger partial charge in [0.25, 0.3) is 0 Å². The maximum Gasteiger partial charge on any atom is 0.223 e. The molecule has 1 aromatic rings. The largest absolute Gasteiger partial charge is 0.496 e. The monoisotopic (exact) mass is 276 g/mol. The summed E-state index contributed by atoms with van der Waals surface area (Å²) in [5.41, 5.74) is 7.38. The summed E-state index contributed by atoms with van der Waals surface area (Å²) < 4.78 is 5.46. The molecule has 1 amide bonds. The lowest BCUT2D eigenvalue weighted by Gasteiger charge is -2.37. The number of likely N-dealkylation sites (tertiary alicyclic amines) is 1. The SMILES string of the molecule is COc1ccccc1C1C(N)CCCC(=O)N1C(C)C. The molecule has 2 unspecified atom stereocenters. The normalized spacial score (nSPS) is 23.9. The summed E-state index contributed by atoms with van der Waals surface area (Å²) in [6, 6.07) is 7.81. The summed E-state index contributed by atoms with van der Waals surface area (Å²) in [6.45, 7) is 4.08. The van der Waals surface area contributed by atoms with Crippen LogP contribution >= 0.6 is 0 Å². The molecule has 2 rings (SSSR count).